The fourth-order valence-electron chi connectivity index (χ4n) is 1.49. The standard InChI is InChI=1S/C10H15N7OS/c1-16(8-11)4-7-19-10-14-12-9(13-15-10)17-2-5-18-6-3-17/h2-7H2,1H3. The van der Waals surface area contributed by atoms with Crippen molar-refractivity contribution in [1.82, 2.24) is 25.3 Å². The van der Waals surface area contributed by atoms with Crippen LogP contribution < -0.4 is 4.90 Å². The molecule has 19 heavy (non-hydrogen) atoms. The van der Waals surface area contributed by atoms with Gasteiger partial charge in [-0.15, -0.1) is 20.4 Å². The molecular weight excluding hydrogens is 266 g/mol. The van der Waals surface area contributed by atoms with Crippen molar-refractivity contribution in [2.45, 2.75) is 5.16 Å². The smallest absolute Gasteiger partial charge is 0.264 e. The number of morpholine rings is 1. The monoisotopic (exact) mass is 281 g/mol. The highest BCUT2D eigenvalue weighted by Crippen LogP contribution is 2.12. The SMILES string of the molecule is CN(C#N)CCSc1nnc(N2CCOCC2)nn1. The van der Waals surface area contributed by atoms with Crippen LogP contribution in [0.15, 0.2) is 5.16 Å². The lowest BCUT2D eigenvalue weighted by Gasteiger charge is -2.25. The van der Waals surface area contributed by atoms with Crippen LogP contribution in [0.25, 0.3) is 0 Å². The zero-order valence-electron chi connectivity index (χ0n) is 10.7. The molecule has 1 aliphatic rings. The second-order valence-corrected chi connectivity index (χ2v) is 5.01. The molecule has 0 spiro atoms. The number of nitrogens with zero attached hydrogens (tertiary/aromatic N) is 7. The molecular formula is C10H15N7OS. The first kappa shape index (κ1) is 13.8. The Hall–Kier alpha value is -1.66. The van der Waals surface area contributed by atoms with Gasteiger partial charge in [-0.3, -0.25) is 0 Å². The van der Waals surface area contributed by atoms with E-state index in [-0.39, 0.29) is 0 Å². The molecule has 0 radical (unpaired) electrons. The molecule has 1 aliphatic heterocycles. The van der Waals surface area contributed by atoms with Crippen LogP contribution in [0.1, 0.15) is 0 Å². The molecule has 0 N–H and O–H groups in total. The van der Waals surface area contributed by atoms with Crippen LogP contribution >= 0.6 is 11.8 Å². The Morgan fingerprint density at radius 1 is 1.32 bits per heavy atom. The van der Waals surface area contributed by atoms with E-state index < -0.39 is 0 Å². The van der Waals surface area contributed by atoms with E-state index >= 15 is 0 Å². The number of aromatic nitrogens is 4. The molecule has 0 unspecified atom stereocenters. The van der Waals surface area contributed by atoms with Crippen LogP contribution in [0.5, 0.6) is 0 Å². The summed E-state index contributed by atoms with van der Waals surface area (Å²) < 4.78 is 5.26. The predicted octanol–water partition coefficient (Wildman–Crippen LogP) is -0.392. The third kappa shape index (κ3) is 4.18. The largest absolute Gasteiger partial charge is 0.378 e. The Morgan fingerprint density at radius 3 is 2.63 bits per heavy atom. The van der Waals surface area contributed by atoms with Gasteiger partial charge in [-0.1, -0.05) is 11.8 Å². The van der Waals surface area contributed by atoms with Gasteiger partial charge in [0.1, 0.15) is 0 Å². The van der Waals surface area contributed by atoms with Crippen LogP contribution in [0, 0.1) is 11.5 Å². The van der Waals surface area contributed by atoms with Crippen molar-refractivity contribution < 1.29 is 4.74 Å². The summed E-state index contributed by atoms with van der Waals surface area (Å²) in [5.74, 6) is 1.27. The lowest BCUT2D eigenvalue weighted by Crippen LogP contribution is -2.37. The lowest BCUT2D eigenvalue weighted by atomic mass is 10.4. The number of nitriles is 1. The van der Waals surface area contributed by atoms with Crippen LogP contribution in [-0.4, -0.2) is 70.9 Å². The Morgan fingerprint density at radius 2 is 2.00 bits per heavy atom. The fraction of sp³-hybridized carbons (Fsp3) is 0.700. The van der Waals surface area contributed by atoms with Gasteiger partial charge in [0.05, 0.1) is 13.2 Å². The summed E-state index contributed by atoms with van der Waals surface area (Å²) in [6.07, 6.45) is 2.03. The molecule has 102 valence electrons. The summed E-state index contributed by atoms with van der Waals surface area (Å²) >= 11 is 1.44. The van der Waals surface area contributed by atoms with Gasteiger partial charge < -0.3 is 14.5 Å². The van der Waals surface area contributed by atoms with Gasteiger partial charge in [-0.05, 0) is 0 Å². The molecule has 0 bridgehead atoms. The Labute approximate surface area is 115 Å². The van der Waals surface area contributed by atoms with Gasteiger partial charge in [-0.2, -0.15) is 5.26 Å². The highest BCUT2D eigenvalue weighted by molar-refractivity contribution is 7.99. The molecule has 2 rings (SSSR count). The number of hydrogen-bond acceptors (Lipinski definition) is 9. The molecule has 0 atom stereocenters. The van der Waals surface area contributed by atoms with Crippen LogP contribution in [0.3, 0.4) is 0 Å². The number of hydrogen-bond donors (Lipinski definition) is 0. The highest BCUT2D eigenvalue weighted by Gasteiger charge is 2.14. The molecule has 2 heterocycles. The van der Waals surface area contributed by atoms with Crippen molar-refractivity contribution in [3.8, 4) is 6.19 Å². The highest BCUT2D eigenvalue weighted by atomic mass is 32.2. The lowest BCUT2D eigenvalue weighted by molar-refractivity contribution is 0.121. The van der Waals surface area contributed by atoms with Crippen molar-refractivity contribution in [3.05, 3.63) is 0 Å². The Balaban J connectivity index is 1.82. The van der Waals surface area contributed by atoms with Gasteiger partial charge >= 0.3 is 0 Å². The minimum absolute atomic E-state index is 0.531. The van der Waals surface area contributed by atoms with E-state index in [0.29, 0.717) is 30.9 Å². The molecule has 0 saturated carbocycles. The first-order chi connectivity index (χ1) is 9.29. The summed E-state index contributed by atoms with van der Waals surface area (Å²) in [5.41, 5.74) is 0. The van der Waals surface area contributed by atoms with E-state index in [1.54, 1.807) is 11.9 Å². The third-order valence-electron chi connectivity index (χ3n) is 2.57. The number of anilines is 1. The van der Waals surface area contributed by atoms with E-state index in [0.717, 1.165) is 18.8 Å². The predicted molar refractivity (Wildman–Crippen MR) is 69.6 cm³/mol. The van der Waals surface area contributed by atoms with Crippen molar-refractivity contribution in [3.63, 3.8) is 0 Å². The van der Waals surface area contributed by atoms with Gasteiger partial charge in [0.15, 0.2) is 6.19 Å². The Bertz CT molecular complexity index is 428. The van der Waals surface area contributed by atoms with Crippen molar-refractivity contribution in [1.29, 1.82) is 5.26 Å². The van der Waals surface area contributed by atoms with E-state index in [1.807, 2.05) is 11.1 Å². The van der Waals surface area contributed by atoms with Crippen LogP contribution in [0.4, 0.5) is 5.95 Å². The molecule has 1 aromatic heterocycles. The average Bonchev–Trinajstić information content (AvgIpc) is 2.48. The summed E-state index contributed by atoms with van der Waals surface area (Å²) in [5, 5.41) is 25.3. The maximum atomic E-state index is 8.61. The first-order valence-corrected chi connectivity index (χ1v) is 6.92. The molecule has 1 saturated heterocycles. The van der Waals surface area contributed by atoms with E-state index in [2.05, 4.69) is 20.4 Å². The summed E-state index contributed by atoms with van der Waals surface area (Å²) in [6.45, 7) is 3.54. The topological polar surface area (TPSA) is 91.1 Å². The molecule has 1 aromatic rings. The second kappa shape index (κ2) is 7.06. The van der Waals surface area contributed by atoms with Crippen LogP contribution in [0.2, 0.25) is 0 Å². The number of ether oxygens (including phenoxy) is 1. The first-order valence-electron chi connectivity index (χ1n) is 5.93. The van der Waals surface area contributed by atoms with Gasteiger partial charge in [-0.25, -0.2) is 0 Å². The summed E-state index contributed by atoms with van der Waals surface area (Å²) in [7, 11) is 1.74. The van der Waals surface area contributed by atoms with Crippen molar-refractivity contribution in [2.24, 2.45) is 0 Å². The second-order valence-electron chi connectivity index (χ2n) is 3.95. The quantitative estimate of drug-likeness (QED) is 0.406. The van der Waals surface area contributed by atoms with E-state index in [1.165, 1.54) is 11.8 Å². The minimum atomic E-state index is 0.531. The Kier molecular flexibility index (Phi) is 5.11. The third-order valence-corrected chi connectivity index (χ3v) is 3.38. The minimum Gasteiger partial charge on any atom is -0.378 e. The normalized spacial score (nSPS) is 15.1. The number of thioether (sulfide) groups is 1. The maximum Gasteiger partial charge on any atom is 0.264 e. The van der Waals surface area contributed by atoms with E-state index in [9.17, 15) is 0 Å². The zero-order chi connectivity index (χ0) is 13.5. The molecule has 0 amide bonds. The van der Waals surface area contributed by atoms with Crippen LogP contribution in [-0.2, 0) is 4.74 Å². The summed E-state index contributed by atoms with van der Waals surface area (Å²) in [6, 6.07) is 0. The van der Waals surface area contributed by atoms with Gasteiger partial charge in [0.2, 0.25) is 5.16 Å². The van der Waals surface area contributed by atoms with Gasteiger partial charge in [0.25, 0.3) is 5.95 Å². The molecule has 8 nitrogen and oxygen atoms in total. The van der Waals surface area contributed by atoms with Crippen molar-refractivity contribution >= 4 is 17.7 Å². The zero-order valence-corrected chi connectivity index (χ0v) is 11.5. The fourth-order valence-corrected chi connectivity index (χ4v) is 2.23. The maximum absolute atomic E-state index is 8.61. The molecule has 0 aromatic carbocycles. The summed E-state index contributed by atoms with van der Waals surface area (Å²) in [4.78, 5) is 3.55. The molecule has 9 heteroatoms. The average molecular weight is 281 g/mol. The van der Waals surface area contributed by atoms with Crippen molar-refractivity contribution in [2.75, 3.05) is 50.5 Å². The van der Waals surface area contributed by atoms with E-state index in [4.69, 9.17) is 10.00 Å². The molecule has 1 fully saturated rings. The van der Waals surface area contributed by atoms with Gasteiger partial charge in [0, 0.05) is 32.4 Å². The number of rotatable bonds is 5. The molecule has 0 aliphatic carbocycles.